The molecule has 0 amide bonds. The van der Waals surface area contributed by atoms with Gasteiger partial charge in [0.2, 0.25) is 0 Å². The number of halogens is 1. The van der Waals surface area contributed by atoms with Gasteiger partial charge in [0, 0.05) is 21.0 Å². The molecule has 88 valence electrons. The summed E-state index contributed by atoms with van der Waals surface area (Å²) in [7, 11) is 0. The minimum Gasteiger partial charge on any atom is -0.387 e. The number of pyridine rings is 1. The zero-order valence-electron chi connectivity index (χ0n) is 9.30. The number of benzene rings is 1. The molecule has 2 rings (SSSR count). The van der Waals surface area contributed by atoms with Gasteiger partial charge in [-0.1, -0.05) is 29.4 Å². The predicted molar refractivity (Wildman–Crippen MR) is 70.4 cm³/mol. The van der Waals surface area contributed by atoms with Gasteiger partial charge in [-0.25, -0.2) is 0 Å². The smallest absolute Gasteiger partial charge is 0.0931 e. The van der Waals surface area contributed by atoms with Crippen LogP contribution in [-0.4, -0.2) is 10.1 Å². The van der Waals surface area contributed by atoms with E-state index in [1.165, 1.54) is 0 Å². The van der Waals surface area contributed by atoms with Gasteiger partial charge in [0.1, 0.15) is 0 Å². The molecule has 0 bridgehead atoms. The summed E-state index contributed by atoms with van der Waals surface area (Å²) in [6.07, 6.45) is 1.23. The van der Waals surface area contributed by atoms with Gasteiger partial charge in [-0.2, -0.15) is 0 Å². The Morgan fingerprint density at radius 2 is 2.06 bits per heavy atom. The van der Waals surface area contributed by atoms with Crippen molar-refractivity contribution in [1.29, 1.82) is 0 Å². The van der Waals surface area contributed by atoms with E-state index < -0.39 is 6.10 Å². The highest BCUT2D eigenvalue weighted by Gasteiger charge is 2.03. The van der Waals surface area contributed by atoms with Crippen molar-refractivity contribution < 1.29 is 5.11 Å². The van der Waals surface area contributed by atoms with Crippen molar-refractivity contribution in [3.63, 3.8) is 0 Å². The molecule has 0 saturated heterocycles. The van der Waals surface area contributed by atoms with E-state index >= 15 is 0 Å². The SMILES string of the molecule is CC(O)c1ccc(Sc2cccc(Cl)c2)cn1. The monoisotopic (exact) mass is 265 g/mol. The van der Waals surface area contributed by atoms with Crippen molar-refractivity contribution in [3.05, 3.63) is 53.3 Å². The van der Waals surface area contributed by atoms with E-state index in [2.05, 4.69) is 4.98 Å². The third kappa shape index (κ3) is 3.46. The van der Waals surface area contributed by atoms with Crippen molar-refractivity contribution in [1.82, 2.24) is 4.98 Å². The highest BCUT2D eigenvalue weighted by atomic mass is 35.5. The number of hydrogen-bond acceptors (Lipinski definition) is 3. The van der Waals surface area contributed by atoms with Gasteiger partial charge in [-0.3, -0.25) is 4.98 Å². The van der Waals surface area contributed by atoms with E-state index in [4.69, 9.17) is 11.6 Å². The van der Waals surface area contributed by atoms with Crippen molar-refractivity contribution >= 4 is 23.4 Å². The molecule has 4 heteroatoms. The molecule has 1 aromatic carbocycles. The number of hydrogen-bond donors (Lipinski definition) is 1. The average Bonchev–Trinajstić information content (AvgIpc) is 2.29. The molecule has 2 nitrogen and oxygen atoms in total. The van der Waals surface area contributed by atoms with Crippen LogP contribution in [-0.2, 0) is 0 Å². The highest BCUT2D eigenvalue weighted by Crippen LogP contribution is 2.29. The van der Waals surface area contributed by atoms with Gasteiger partial charge in [-0.15, -0.1) is 0 Å². The summed E-state index contributed by atoms with van der Waals surface area (Å²) in [4.78, 5) is 6.29. The van der Waals surface area contributed by atoms with Crippen LogP contribution in [0.5, 0.6) is 0 Å². The van der Waals surface area contributed by atoms with E-state index in [0.29, 0.717) is 5.69 Å². The Labute approximate surface area is 110 Å². The Morgan fingerprint density at radius 3 is 2.65 bits per heavy atom. The minimum absolute atomic E-state index is 0.528. The van der Waals surface area contributed by atoms with Gasteiger partial charge in [0.25, 0.3) is 0 Å². The fourth-order valence-electron chi connectivity index (χ4n) is 1.37. The molecule has 0 aliphatic heterocycles. The summed E-state index contributed by atoms with van der Waals surface area (Å²) in [5.74, 6) is 0. The van der Waals surface area contributed by atoms with Crippen LogP contribution in [0.4, 0.5) is 0 Å². The molecule has 17 heavy (non-hydrogen) atoms. The first-order valence-electron chi connectivity index (χ1n) is 5.22. The number of nitrogens with zero attached hydrogens (tertiary/aromatic N) is 1. The fraction of sp³-hybridized carbons (Fsp3) is 0.154. The summed E-state index contributed by atoms with van der Waals surface area (Å²) in [5.41, 5.74) is 0.681. The number of aromatic nitrogens is 1. The van der Waals surface area contributed by atoms with Crippen LogP contribution in [0.15, 0.2) is 52.4 Å². The minimum atomic E-state index is -0.528. The number of rotatable bonds is 3. The molecule has 0 aliphatic carbocycles. The Kier molecular flexibility index (Phi) is 4.05. The van der Waals surface area contributed by atoms with Gasteiger partial charge in [0.15, 0.2) is 0 Å². The van der Waals surface area contributed by atoms with Crippen LogP contribution in [0, 0.1) is 0 Å². The highest BCUT2D eigenvalue weighted by molar-refractivity contribution is 7.99. The molecule has 1 N–H and O–H groups in total. The lowest BCUT2D eigenvalue weighted by molar-refractivity contribution is 0.194. The first kappa shape index (κ1) is 12.4. The largest absolute Gasteiger partial charge is 0.387 e. The van der Waals surface area contributed by atoms with Crippen LogP contribution in [0.3, 0.4) is 0 Å². The Hall–Kier alpha value is -1.03. The van der Waals surface area contributed by atoms with Gasteiger partial charge in [-0.05, 0) is 37.3 Å². The summed E-state index contributed by atoms with van der Waals surface area (Å²) in [5, 5.41) is 10.1. The second-order valence-electron chi connectivity index (χ2n) is 3.65. The lowest BCUT2D eigenvalue weighted by atomic mass is 10.2. The van der Waals surface area contributed by atoms with Crippen LogP contribution in [0.1, 0.15) is 18.7 Å². The van der Waals surface area contributed by atoms with Crippen molar-refractivity contribution in [2.75, 3.05) is 0 Å². The molecule has 1 unspecified atom stereocenters. The zero-order valence-corrected chi connectivity index (χ0v) is 10.9. The maximum atomic E-state index is 9.35. The number of aliphatic hydroxyl groups is 1. The van der Waals surface area contributed by atoms with Crippen molar-refractivity contribution in [2.24, 2.45) is 0 Å². The third-order valence-electron chi connectivity index (χ3n) is 2.22. The molecule has 1 aromatic heterocycles. The maximum absolute atomic E-state index is 9.35. The summed E-state index contributed by atoms with van der Waals surface area (Å²) in [6, 6.07) is 11.5. The van der Waals surface area contributed by atoms with Crippen molar-refractivity contribution in [3.8, 4) is 0 Å². The molecule has 0 spiro atoms. The number of aliphatic hydroxyl groups excluding tert-OH is 1. The van der Waals surface area contributed by atoms with Crippen LogP contribution in [0.2, 0.25) is 5.02 Å². The Morgan fingerprint density at radius 1 is 1.24 bits per heavy atom. The van der Waals surface area contributed by atoms with E-state index in [-0.39, 0.29) is 0 Å². The van der Waals surface area contributed by atoms with E-state index in [9.17, 15) is 5.11 Å². The second-order valence-corrected chi connectivity index (χ2v) is 5.24. The lowest BCUT2D eigenvalue weighted by Crippen LogP contribution is -1.94. The van der Waals surface area contributed by atoms with Gasteiger partial charge in [0.05, 0.1) is 11.8 Å². The molecule has 0 radical (unpaired) electrons. The molecule has 0 fully saturated rings. The molecule has 0 aliphatic rings. The molecular formula is C13H12ClNOS. The fourth-order valence-corrected chi connectivity index (χ4v) is 2.47. The van der Waals surface area contributed by atoms with Crippen LogP contribution in [0.25, 0.3) is 0 Å². The van der Waals surface area contributed by atoms with E-state index in [1.807, 2.05) is 36.4 Å². The molecule has 2 aromatic rings. The molecule has 1 atom stereocenters. The molecular weight excluding hydrogens is 254 g/mol. The van der Waals surface area contributed by atoms with Crippen molar-refractivity contribution in [2.45, 2.75) is 22.8 Å². The van der Waals surface area contributed by atoms with E-state index in [1.54, 1.807) is 24.9 Å². The Bertz CT molecular complexity index is 499. The summed E-state index contributed by atoms with van der Waals surface area (Å²) in [6.45, 7) is 1.70. The topological polar surface area (TPSA) is 33.1 Å². The third-order valence-corrected chi connectivity index (χ3v) is 3.42. The van der Waals surface area contributed by atoms with Crippen LogP contribution < -0.4 is 0 Å². The second kappa shape index (κ2) is 5.54. The van der Waals surface area contributed by atoms with Gasteiger partial charge >= 0.3 is 0 Å². The Balaban J connectivity index is 2.14. The zero-order chi connectivity index (χ0) is 12.3. The standard InChI is InChI=1S/C13H12ClNOS/c1-9(16)13-6-5-12(8-15-13)17-11-4-2-3-10(14)7-11/h2-9,16H,1H3. The predicted octanol–water partition coefficient (Wildman–Crippen LogP) is 3.94. The average molecular weight is 266 g/mol. The first-order valence-corrected chi connectivity index (χ1v) is 6.42. The summed E-state index contributed by atoms with van der Waals surface area (Å²) < 4.78 is 0. The maximum Gasteiger partial charge on any atom is 0.0931 e. The van der Waals surface area contributed by atoms with E-state index in [0.717, 1.165) is 14.8 Å². The normalized spacial score (nSPS) is 12.4. The molecule has 0 saturated carbocycles. The van der Waals surface area contributed by atoms with Gasteiger partial charge < -0.3 is 5.11 Å². The lowest BCUT2D eigenvalue weighted by Gasteiger charge is -2.05. The molecule has 1 heterocycles. The first-order chi connectivity index (χ1) is 8.15. The quantitative estimate of drug-likeness (QED) is 0.913. The van der Waals surface area contributed by atoms with Crippen LogP contribution >= 0.6 is 23.4 Å². The summed E-state index contributed by atoms with van der Waals surface area (Å²) >= 11 is 7.51.